The number of carbonyl (C=O) groups is 1. The molecule has 0 aromatic heterocycles. The van der Waals surface area contributed by atoms with Crippen LogP contribution in [0.2, 0.25) is 0 Å². The van der Waals surface area contributed by atoms with E-state index in [1.807, 2.05) is 13.0 Å². The van der Waals surface area contributed by atoms with Crippen LogP contribution in [0.5, 0.6) is 5.75 Å². The van der Waals surface area contributed by atoms with Crippen molar-refractivity contribution >= 4 is 5.78 Å². The third-order valence-electron chi connectivity index (χ3n) is 2.11. The predicted octanol–water partition coefficient (Wildman–Crippen LogP) is 1.44. The van der Waals surface area contributed by atoms with E-state index >= 15 is 0 Å². The van der Waals surface area contributed by atoms with E-state index in [9.17, 15) is 4.79 Å². The Kier molecular flexibility index (Phi) is 1.56. The maximum absolute atomic E-state index is 11.2. The number of ketones is 1. The summed E-state index contributed by atoms with van der Waals surface area (Å²) in [6.45, 7) is 1.93. The number of ether oxygens (including phenoxy) is 1. The molecular formula is C10H7NO2. The Balaban J connectivity index is 2.66. The number of nitriles is 1. The molecule has 0 saturated heterocycles. The molecule has 0 amide bonds. The average molecular weight is 173 g/mol. The molecule has 0 spiro atoms. The fraction of sp³-hybridized carbons (Fsp3) is 0.200. The third kappa shape index (κ3) is 1.07. The number of hydrogen-bond acceptors (Lipinski definition) is 3. The van der Waals surface area contributed by atoms with Crippen LogP contribution in [-0.2, 0) is 0 Å². The molecule has 0 aliphatic carbocycles. The molecule has 0 atom stereocenters. The average Bonchev–Trinajstić information content (AvgIpc) is 2.46. The molecule has 2 rings (SSSR count). The quantitative estimate of drug-likeness (QED) is 0.596. The summed E-state index contributed by atoms with van der Waals surface area (Å²) in [4.78, 5) is 11.2. The number of hydrogen-bond donors (Lipinski definition) is 0. The lowest BCUT2D eigenvalue weighted by molar-refractivity contribution is 0.0961. The first-order valence-corrected chi connectivity index (χ1v) is 3.93. The summed E-state index contributed by atoms with van der Waals surface area (Å²) < 4.78 is 5.13. The second-order valence-corrected chi connectivity index (χ2v) is 2.99. The van der Waals surface area contributed by atoms with Crippen LogP contribution >= 0.6 is 0 Å². The summed E-state index contributed by atoms with van der Waals surface area (Å²) in [5.41, 5.74) is 1.91. The summed E-state index contributed by atoms with van der Waals surface area (Å²) in [6, 6.07) is 5.37. The Labute approximate surface area is 75.6 Å². The van der Waals surface area contributed by atoms with Crippen LogP contribution < -0.4 is 4.74 Å². The molecular weight excluding hydrogens is 166 g/mol. The van der Waals surface area contributed by atoms with E-state index in [2.05, 4.69) is 0 Å². The number of fused-ring (bicyclic) bond motifs is 1. The molecule has 0 unspecified atom stereocenters. The van der Waals surface area contributed by atoms with Gasteiger partial charge in [0.25, 0.3) is 0 Å². The van der Waals surface area contributed by atoms with Crippen molar-refractivity contribution < 1.29 is 9.53 Å². The van der Waals surface area contributed by atoms with E-state index in [-0.39, 0.29) is 12.4 Å². The molecule has 13 heavy (non-hydrogen) atoms. The van der Waals surface area contributed by atoms with Gasteiger partial charge in [0.2, 0.25) is 5.78 Å². The fourth-order valence-electron chi connectivity index (χ4n) is 1.36. The van der Waals surface area contributed by atoms with Crippen molar-refractivity contribution in [1.82, 2.24) is 0 Å². The van der Waals surface area contributed by atoms with Crippen molar-refractivity contribution in [2.75, 3.05) is 6.61 Å². The molecule has 3 heteroatoms. The highest BCUT2D eigenvalue weighted by molar-refractivity contribution is 6.02. The minimum atomic E-state index is -0.0495. The van der Waals surface area contributed by atoms with E-state index < -0.39 is 0 Å². The van der Waals surface area contributed by atoms with Gasteiger partial charge in [-0.2, -0.15) is 5.26 Å². The highest BCUT2D eigenvalue weighted by atomic mass is 16.5. The van der Waals surface area contributed by atoms with Crippen LogP contribution in [-0.4, -0.2) is 12.4 Å². The first-order valence-electron chi connectivity index (χ1n) is 3.93. The second kappa shape index (κ2) is 2.60. The predicted molar refractivity (Wildman–Crippen MR) is 45.7 cm³/mol. The van der Waals surface area contributed by atoms with Crippen molar-refractivity contribution in [2.45, 2.75) is 6.92 Å². The Hall–Kier alpha value is -1.82. The lowest BCUT2D eigenvalue weighted by Gasteiger charge is -2.00. The van der Waals surface area contributed by atoms with Gasteiger partial charge in [-0.25, -0.2) is 0 Å². The van der Waals surface area contributed by atoms with Crippen LogP contribution in [0.4, 0.5) is 0 Å². The van der Waals surface area contributed by atoms with Gasteiger partial charge in [-0.05, 0) is 24.6 Å². The zero-order valence-corrected chi connectivity index (χ0v) is 7.13. The molecule has 1 aromatic rings. The zero-order valence-electron chi connectivity index (χ0n) is 7.13. The van der Waals surface area contributed by atoms with Crippen LogP contribution in [0.15, 0.2) is 12.1 Å². The number of nitrogens with zero attached hydrogens (tertiary/aromatic N) is 1. The number of carbonyl (C=O) groups excluding carboxylic acids is 1. The lowest BCUT2D eigenvalue weighted by atomic mass is 10.0. The first kappa shape index (κ1) is 7.81. The van der Waals surface area contributed by atoms with Gasteiger partial charge in [-0.3, -0.25) is 4.79 Å². The minimum Gasteiger partial charge on any atom is -0.485 e. The Morgan fingerprint density at radius 1 is 1.54 bits per heavy atom. The molecule has 0 bridgehead atoms. The van der Waals surface area contributed by atoms with E-state index in [0.29, 0.717) is 16.9 Å². The Morgan fingerprint density at radius 3 is 3.00 bits per heavy atom. The summed E-state index contributed by atoms with van der Waals surface area (Å²) >= 11 is 0. The van der Waals surface area contributed by atoms with Crippen molar-refractivity contribution in [3.8, 4) is 11.8 Å². The van der Waals surface area contributed by atoms with Crippen molar-refractivity contribution in [1.29, 1.82) is 5.26 Å². The Bertz CT molecular complexity index is 429. The van der Waals surface area contributed by atoms with Crippen molar-refractivity contribution in [3.05, 3.63) is 28.8 Å². The maximum Gasteiger partial charge on any atom is 0.203 e. The number of rotatable bonds is 0. The molecule has 0 saturated carbocycles. The van der Waals surface area contributed by atoms with Crippen LogP contribution in [0.3, 0.4) is 0 Å². The lowest BCUT2D eigenvalue weighted by Crippen LogP contribution is -1.98. The number of Topliss-reactive ketones (excluding diaryl/α,β-unsaturated/α-hetero) is 1. The highest BCUT2D eigenvalue weighted by Crippen LogP contribution is 2.27. The van der Waals surface area contributed by atoms with Gasteiger partial charge in [-0.1, -0.05) is 0 Å². The molecule has 1 aliphatic heterocycles. The molecule has 1 heterocycles. The van der Waals surface area contributed by atoms with Gasteiger partial charge in [0.15, 0.2) is 6.61 Å². The van der Waals surface area contributed by atoms with Crippen LogP contribution in [0.1, 0.15) is 21.5 Å². The summed E-state index contributed by atoms with van der Waals surface area (Å²) in [5.74, 6) is 0.549. The van der Waals surface area contributed by atoms with Gasteiger partial charge in [-0.15, -0.1) is 0 Å². The highest BCUT2D eigenvalue weighted by Gasteiger charge is 2.22. The summed E-state index contributed by atoms with van der Waals surface area (Å²) in [6.07, 6.45) is 0. The normalized spacial score (nSPS) is 13.4. The smallest absolute Gasteiger partial charge is 0.203 e. The monoisotopic (exact) mass is 173 g/mol. The number of aryl methyl sites for hydroxylation is 1. The number of benzene rings is 1. The standard InChI is InChI=1S/C10H7NO2/c1-6-2-10-8(3-7(6)4-11)9(12)5-13-10/h2-3H,5H2,1H3. The first-order chi connectivity index (χ1) is 6.22. The maximum atomic E-state index is 11.2. The van der Waals surface area contributed by atoms with E-state index in [1.165, 1.54) is 0 Å². The van der Waals surface area contributed by atoms with E-state index in [4.69, 9.17) is 10.00 Å². The zero-order chi connectivity index (χ0) is 9.42. The van der Waals surface area contributed by atoms with Gasteiger partial charge in [0.05, 0.1) is 17.2 Å². The van der Waals surface area contributed by atoms with E-state index in [0.717, 1.165) is 5.56 Å². The SMILES string of the molecule is Cc1cc2c(cc1C#N)C(=O)CO2. The van der Waals surface area contributed by atoms with Gasteiger partial charge in [0.1, 0.15) is 5.75 Å². The fourth-order valence-corrected chi connectivity index (χ4v) is 1.36. The summed E-state index contributed by atoms with van der Waals surface area (Å²) in [5, 5.41) is 8.73. The molecule has 1 aliphatic rings. The Morgan fingerprint density at radius 2 is 2.31 bits per heavy atom. The largest absolute Gasteiger partial charge is 0.485 e. The molecule has 0 radical (unpaired) electrons. The van der Waals surface area contributed by atoms with Gasteiger partial charge in [0, 0.05) is 0 Å². The van der Waals surface area contributed by atoms with Crippen molar-refractivity contribution in [2.24, 2.45) is 0 Å². The molecule has 3 nitrogen and oxygen atoms in total. The van der Waals surface area contributed by atoms with Crippen LogP contribution in [0, 0.1) is 18.3 Å². The van der Waals surface area contributed by atoms with Crippen LogP contribution in [0.25, 0.3) is 0 Å². The molecule has 0 fully saturated rings. The van der Waals surface area contributed by atoms with Gasteiger partial charge >= 0.3 is 0 Å². The topological polar surface area (TPSA) is 50.1 Å². The second-order valence-electron chi connectivity index (χ2n) is 2.99. The van der Waals surface area contributed by atoms with E-state index in [1.54, 1.807) is 12.1 Å². The molecule has 0 N–H and O–H groups in total. The van der Waals surface area contributed by atoms with Gasteiger partial charge < -0.3 is 4.74 Å². The minimum absolute atomic E-state index is 0.0495. The summed E-state index contributed by atoms with van der Waals surface area (Å²) in [7, 11) is 0. The van der Waals surface area contributed by atoms with Crippen molar-refractivity contribution in [3.63, 3.8) is 0 Å². The molecule has 1 aromatic carbocycles. The third-order valence-corrected chi connectivity index (χ3v) is 2.11. The molecule has 64 valence electrons.